The molecule has 0 fully saturated rings. The van der Waals surface area contributed by atoms with Crippen molar-refractivity contribution in [3.05, 3.63) is 0 Å². The third-order valence-electron chi connectivity index (χ3n) is 2.42. The first-order valence-corrected chi connectivity index (χ1v) is 6.61. The minimum atomic E-state index is -1.42. The standard InChI is InChI=1S/C13H24N2O6/c1-7(2)9(15-12(20)21-13(3,4)5)10(17)14-8(6-16)11(18)19/h7-9,16H,6H2,1-5H3,(H,14,17)(H,15,20)(H,18,19)/t8-,9-/m0/s1. The zero-order valence-corrected chi connectivity index (χ0v) is 13.0. The van der Waals surface area contributed by atoms with Crippen molar-refractivity contribution in [1.29, 1.82) is 0 Å². The first-order chi connectivity index (χ1) is 9.47. The van der Waals surface area contributed by atoms with Crippen LogP contribution in [0.4, 0.5) is 4.79 Å². The van der Waals surface area contributed by atoms with E-state index in [-0.39, 0.29) is 5.92 Å². The lowest BCUT2D eigenvalue weighted by Crippen LogP contribution is -2.55. The van der Waals surface area contributed by atoms with Crippen LogP contribution in [0.15, 0.2) is 0 Å². The summed E-state index contributed by atoms with van der Waals surface area (Å²) < 4.78 is 5.05. The van der Waals surface area contributed by atoms with Crippen molar-refractivity contribution in [2.75, 3.05) is 6.61 Å². The van der Waals surface area contributed by atoms with Crippen molar-refractivity contribution in [2.24, 2.45) is 5.92 Å². The number of amides is 2. The number of nitrogens with one attached hydrogen (secondary N) is 2. The zero-order valence-electron chi connectivity index (χ0n) is 13.0. The molecule has 0 aromatic heterocycles. The molecule has 21 heavy (non-hydrogen) atoms. The van der Waals surface area contributed by atoms with E-state index in [0.717, 1.165) is 0 Å². The fourth-order valence-corrected chi connectivity index (χ4v) is 1.42. The second-order valence-electron chi connectivity index (χ2n) is 5.95. The first kappa shape index (κ1) is 19.2. The molecule has 0 aromatic rings. The lowest BCUT2D eigenvalue weighted by Gasteiger charge is -2.26. The van der Waals surface area contributed by atoms with Gasteiger partial charge in [-0.15, -0.1) is 0 Å². The van der Waals surface area contributed by atoms with Crippen molar-refractivity contribution < 1.29 is 29.3 Å². The Bertz CT molecular complexity index is 389. The molecule has 0 unspecified atom stereocenters. The van der Waals surface area contributed by atoms with E-state index < -0.39 is 42.3 Å². The van der Waals surface area contributed by atoms with Crippen LogP contribution in [0.3, 0.4) is 0 Å². The van der Waals surface area contributed by atoms with Crippen LogP contribution >= 0.6 is 0 Å². The van der Waals surface area contributed by atoms with E-state index in [0.29, 0.717) is 0 Å². The average molecular weight is 304 g/mol. The van der Waals surface area contributed by atoms with Gasteiger partial charge in [0.2, 0.25) is 5.91 Å². The molecule has 0 radical (unpaired) electrons. The highest BCUT2D eigenvalue weighted by molar-refractivity contribution is 5.89. The molecular formula is C13H24N2O6. The highest BCUT2D eigenvalue weighted by Crippen LogP contribution is 2.09. The van der Waals surface area contributed by atoms with Crippen LogP contribution in [0, 0.1) is 5.92 Å². The summed E-state index contributed by atoms with van der Waals surface area (Å²) in [7, 11) is 0. The summed E-state index contributed by atoms with van der Waals surface area (Å²) in [5, 5.41) is 22.2. The summed E-state index contributed by atoms with van der Waals surface area (Å²) >= 11 is 0. The number of alkyl carbamates (subject to hydrolysis) is 1. The van der Waals surface area contributed by atoms with E-state index in [9.17, 15) is 14.4 Å². The molecule has 2 atom stereocenters. The Kier molecular flexibility index (Phi) is 7.14. The minimum Gasteiger partial charge on any atom is -0.480 e. The number of rotatable bonds is 6. The highest BCUT2D eigenvalue weighted by Gasteiger charge is 2.29. The quantitative estimate of drug-likeness (QED) is 0.551. The van der Waals surface area contributed by atoms with Crippen molar-refractivity contribution in [2.45, 2.75) is 52.3 Å². The van der Waals surface area contributed by atoms with Crippen LogP contribution < -0.4 is 10.6 Å². The Hall–Kier alpha value is -1.83. The fourth-order valence-electron chi connectivity index (χ4n) is 1.42. The maximum Gasteiger partial charge on any atom is 0.408 e. The molecule has 8 heteroatoms. The molecule has 0 saturated heterocycles. The van der Waals surface area contributed by atoms with Crippen LogP contribution in [-0.4, -0.2) is 52.5 Å². The number of carbonyl (C=O) groups excluding carboxylic acids is 2. The molecule has 8 nitrogen and oxygen atoms in total. The molecule has 0 aliphatic carbocycles. The topological polar surface area (TPSA) is 125 Å². The van der Waals surface area contributed by atoms with Crippen LogP contribution in [0.25, 0.3) is 0 Å². The summed E-state index contributed by atoms with van der Waals surface area (Å²) in [4.78, 5) is 34.5. The number of aliphatic carboxylic acids is 1. The van der Waals surface area contributed by atoms with Gasteiger partial charge < -0.3 is 25.6 Å². The van der Waals surface area contributed by atoms with Gasteiger partial charge in [0.15, 0.2) is 0 Å². The van der Waals surface area contributed by atoms with Gasteiger partial charge in [-0.3, -0.25) is 4.79 Å². The summed E-state index contributed by atoms with van der Waals surface area (Å²) in [6, 6.07) is -2.38. The highest BCUT2D eigenvalue weighted by atomic mass is 16.6. The number of hydrogen-bond donors (Lipinski definition) is 4. The van der Waals surface area contributed by atoms with Crippen LogP contribution in [0.2, 0.25) is 0 Å². The SMILES string of the molecule is CC(C)[C@H](NC(=O)OC(C)(C)C)C(=O)N[C@@H](CO)C(=O)O. The van der Waals surface area contributed by atoms with Crippen LogP contribution in [0.5, 0.6) is 0 Å². The van der Waals surface area contributed by atoms with Crippen molar-refractivity contribution in [3.63, 3.8) is 0 Å². The molecule has 122 valence electrons. The molecule has 2 amide bonds. The number of aliphatic hydroxyl groups excluding tert-OH is 1. The monoisotopic (exact) mass is 304 g/mol. The van der Waals surface area contributed by atoms with Gasteiger partial charge in [0.05, 0.1) is 6.61 Å². The fraction of sp³-hybridized carbons (Fsp3) is 0.769. The third-order valence-corrected chi connectivity index (χ3v) is 2.42. The summed E-state index contributed by atoms with van der Waals surface area (Å²) in [6.45, 7) is 7.70. The molecule has 0 spiro atoms. The number of ether oxygens (including phenoxy) is 1. The second-order valence-corrected chi connectivity index (χ2v) is 5.95. The predicted octanol–water partition coefficient (Wildman–Crippen LogP) is 0.0974. The lowest BCUT2D eigenvalue weighted by atomic mass is 10.0. The average Bonchev–Trinajstić information content (AvgIpc) is 2.29. The van der Waals surface area contributed by atoms with E-state index in [1.165, 1.54) is 0 Å². The summed E-state index contributed by atoms with van der Waals surface area (Å²) in [5.41, 5.74) is -0.712. The summed E-state index contributed by atoms with van der Waals surface area (Å²) in [6.07, 6.45) is -0.771. The Morgan fingerprint density at radius 2 is 1.67 bits per heavy atom. The Labute approximate surface area is 123 Å². The summed E-state index contributed by atoms with van der Waals surface area (Å²) in [5.74, 6) is -2.34. The predicted molar refractivity (Wildman–Crippen MR) is 74.6 cm³/mol. The molecule has 0 rings (SSSR count). The van der Waals surface area contributed by atoms with Gasteiger partial charge in [0.25, 0.3) is 0 Å². The molecule has 0 aromatic carbocycles. The van der Waals surface area contributed by atoms with Crippen molar-refractivity contribution in [3.8, 4) is 0 Å². The molecule has 0 saturated carbocycles. The number of carboxylic acid groups (broad SMARTS) is 1. The molecule has 4 N–H and O–H groups in total. The number of carbonyl (C=O) groups is 3. The van der Waals surface area contributed by atoms with Gasteiger partial charge in [-0.2, -0.15) is 0 Å². The smallest absolute Gasteiger partial charge is 0.408 e. The van der Waals surface area contributed by atoms with Crippen LogP contribution in [0.1, 0.15) is 34.6 Å². The van der Waals surface area contributed by atoms with E-state index in [1.807, 2.05) is 0 Å². The Balaban J connectivity index is 4.79. The maximum atomic E-state index is 12.0. The molecular weight excluding hydrogens is 280 g/mol. The third kappa shape index (κ3) is 7.50. The van der Waals surface area contributed by atoms with Gasteiger partial charge in [-0.25, -0.2) is 9.59 Å². The largest absolute Gasteiger partial charge is 0.480 e. The normalized spacial score (nSPS) is 14.2. The van der Waals surface area contributed by atoms with Gasteiger partial charge >= 0.3 is 12.1 Å². The minimum absolute atomic E-state index is 0.286. The van der Waals surface area contributed by atoms with E-state index >= 15 is 0 Å². The van der Waals surface area contributed by atoms with Crippen molar-refractivity contribution >= 4 is 18.0 Å². The van der Waals surface area contributed by atoms with Gasteiger partial charge in [0, 0.05) is 0 Å². The van der Waals surface area contributed by atoms with E-state index in [1.54, 1.807) is 34.6 Å². The van der Waals surface area contributed by atoms with Crippen LogP contribution in [-0.2, 0) is 14.3 Å². The van der Waals surface area contributed by atoms with E-state index in [2.05, 4.69) is 10.6 Å². The molecule has 0 aliphatic rings. The number of hydrogen-bond acceptors (Lipinski definition) is 5. The molecule has 0 bridgehead atoms. The zero-order chi connectivity index (χ0) is 16.8. The molecule has 0 heterocycles. The van der Waals surface area contributed by atoms with E-state index in [4.69, 9.17) is 14.9 Å². The lowest BCUT2D eigenvalue weighted by molar-refractivity contribution is -0.143. The Morgan fingerprint density at radius 3 is 2.00 bits per heavy atom. The van der Waals surface area contributed by atoms with Gasteiger partial charge in [-0.1, -0.05) is 13.8 Å². The number of aliphatic hydroxyl groups is 1. The second kappa shape index (κ2) is 7.82. The number of carboxylic acids is 1. The Morgan fingerprint density at radius 1 is 1.14 bits per heavy atom. The molecule has 0 aliphatic heterocycles. The van der Waals surface area contributed by atoms with Gasteiger partial charge in [0.1, 0.15) is 17.7 Å². The van der Waals surface area contributed by atoms with Crippen molar-refractivity contribution in [1.82, 2.24) is 10.6 Å². The van der Waals surface area contributed by atoms with Gasteiger partial charge in [-0.05, 0) is 26.7 Å². The maximum absolute atomic E-state index is 12.0. The first-order valence-electron chi connectivity index (χ1n) is 6.61.